The highest BCUT2D eigenvalue weighted by molar-refractivity contribution is 6.08. The highest BCUT2D eigenvalue weighted by Gasteiger charge is 2.27. The number of carbonyl (C=O) groups is 1. The fourth-order valence-electron chi connectivity index (χ4n) is 2.10. The van der Waals surface area contributed by atoms with Crippen molar-refractivity contribution in [2.75, 3.05) is 11.4 Å². The number of hydrogen-bond acceptors (Lipinski definition) is 1. The molecule has 0 atom stereocenters. The number of carbonyl (C=O) groups excluding carboxylic acids is 1. The second-order valence-corrected chi connectivity index (χ2v) is 4.52. The summed E-state index contributed by atoms with van der Waals surface area (Å²) in [5, 5.41) is 0. The SMILES string of the molecule is C=C1CCN(c2ccccc2C(C)C)C1=O. The number of amides is 1. The predicted octanol–water partition coefficient (Wildman–Crippen LogP) is 3.10. The zero-order chi connectivity index (χ0) is 11.7. The third-order valence-corrected chi connectivity index (χ3v) is 3.03. The van der Waals surface area contributed by atoms with E-state index in [1.54, 1.807) is 0 Å². The van der Waals surface area contributed by atoms with Crippen molar-refractivity contribution in [3.8, 4) is 0 Å². The average molecular weight is 215 g/mol. The molecule has 1 aromatic rings. The molecule has 84 valence electrons. The van der Waals surface area contributed by atoms with Crippen molar-refractivity contribution < 1.29 is 4.79 Å². The maximum atomic E-state index is 11.9. The lowest BCUT2D eigenvalue weighted by atomic mass is 10.0. The fraction of sp³-hybridized carbons (Fsp3) is 0.357. The topological polar surface area (TPSA) is 20.3 Å². The molecule has 0 unspecified atom stereocenters. The maximum Gasteiger partial charge on any atom is 0.253 e. The van der Waals surface area contributed by atoms with Crippen LogP contribution in [0.3, 0.4) is 0 Å². The lowest BCUT2D eigenvalue weighted by molar-refractivity contribution is -0.114. The summed E-state index contributed by atoms with van der Waals surface area (Å²) in [5.74, 6) is 0.506. The maximum absolute atomic E-state index is 11.9. The quantitative estimate of drug-likeness (QED) is 0.694. The van der Waals surface area contributed by atoms with Gasteiger partial charge in [0.2, 0.25) is 0 Å². The number of nitrogens with zero attached hydrogens (tertiary/aromatic N) is 1. The molecule has 2 rings (SSSR count). The standard InChI is InChI=1S/C14H17NO/c1-10(2)12-6-4-5-7-13(12)15-9-8-11(3)14(15)16/h4-7,10H,3,8-9H2,1-2H3. The molecule has 0 saturated carbocycles. The minimum absolute atomic E-state index is 0.0769. The van der Waals surface area contributed by atoms with E-state index in [1.807, 2.05) is 23.1 Å². The molecule has 16 heavy (non-hydrogen) atoms. The van der Waals surface area contributed by atoms with Crippen LogP contribution >= 0.6 is 0 Å². The second kappa shape index (κ2) is 4.12. The van der Waals surface area contributed by atoms with Gasteiger partial charge in [-0.1, -0.05) is 38.6 Å². The van der Waals surface area contributed by atoms with Crippen molar-refractivity contribution in [3.05, 3.63) is 42.0 Å². The van der Waals surface area contributed by atoms with Gasteiger partial charge in [-0.05, 0) is 24.0 Å². The summed E-state index contributed by atoms with van der Waals surface area (Å²) in [4.78, 5) is 13.8. The Morgan fingerprint density at radius 2 is 2.00 bits per heavy atom. The largest absolute Gasteiger partial charge is 0.308 e. The first-order valence-electron chi connectivity index (χ1n) is 5.70. The van der Waals surface area contributed by atoms with E-state index in [-0.39, 0.29) is 5.91 Å². The summed E-state index contributed by atoms with van der Waals surface area (Å²) >= 11 is 0. The summed E-state index contributed by atoms with van der Waals surface area (Å²) in [7, 11) is 0. The highest BCUT2D eigenvalue weighted by atomic mass is 16.2. The molecule has 2 nitrogen and oxygen atoms in total. The molecule has 1 saturated heterocycles. The minimum Gasteiger partial charge on any atom is -0.308 e. The smallest absolute Gasteiger partial charge is 0.253 e. The third-order valence-electron chi connectivity index (χ3n) is 3.03. The van der Waals surface area contributed by atoms with E-state index in [0.29, 0.717) is 5.92 Å². The Morgan fingerprint density at radius 3 is 2.56 bits per heavy atom. The lowest BCUT2D eigenvalue weighted by Gasteiger charge is -2.21. The van der Waals surface area contributed by atoms with Crippen LogP contribution in [0.25, 0.3) is 0 Å². The van der Waals surface area contributed by atoms with Crippen molar-refractivity contribution in [1.29, 1.82) is 0 Å². The van der Waals surface area contributed by atoms with Crippen molar-refractivity contribution in [1.82, 2.24) is 0 Å². The van der Waals surface area contributed by atoms with Crippen molar-refractivity contribution in [2.24, 2.45) is 0 Å². The van der Waals surface area contributed by atoms with Crippen LogP contribution in [0.1, 0.15) is 31.7 Å². The van der Waals surface area contributed by atoms with Gasteiger partial charge in [0.05, 0.1) is 0 Å². The van der Waals surface area contributed by atoms with E-state index >= 15 is 0 Å². The van der Waals surface area contributed by atoms with Gasteiger partial charge >= 0.3 is 0 Å². The molecule has 1 fully saturated rings. The summed E-state index contributed by atoms with van der Waals surface area (Å²) in [6.45, 7) is 8.85. The van der Waals surface area contributed by atoms with Gasteiger partial charge in [-0.15, -0.1) is 0 Å². The average Bonchev–Trinajstić information content (AvgIpc) is 2.60. The van der Waals surface area contributed by atoms with Gasteiger partial charge in [0.25, 0.3) is 5.91 Å². The molecule has 1 aliphatic heterocycles. The molecule has 1 heterocycles. The molecular formula is C14H17NO. The molecular weight excluding hydrogens is 198 g/mol. The van der Waals surface area contributed by atoms with Gasteiger partial charge in [-0.2, -0.15) is 0 Å². The van der Waals surface area contributed by atoms with Crippen molar-refractivity contribution in [2.45, 2.75) is 26.2 Å². The Labute approximate surface area is 96.6 Å². The Bertz CT molecular complexity index is 434. The van der Waals surface area contributed by atoms with Crippen LogP contribution < -0.4 is 4.90 Å². The Balaban J connectivity index is 2.41. The molecule has 0 aliphatic carbocycles. The summed E-state index contributed by atoms with van der Waals surface area (Å²) in [6, 6.07) is 8.12. The van der Waals surface area contributed by atoms with E-state index in [0.717, 1.165) is 24.2 Å². The zero-order valence-corrected chi connectivity index (χ0v) is 9.86. The first kappa shape index (κ1) is 10.9. The van der Waals surface area contributed by atoms with Crippen LogP contribution in [0.15, 0.2) is 36.4 Å². The third kappa shape index (κ3) is 1.75. The Kier molecular flexibility index (Phi) is 2.82. The van der Waals surface area contributed by atoms with Gasteiger partial charge < -0.3 is 4.90 Å². The summed E-state index contributed by atoms with van der Waals surface area (Å²) in [5.41, 5.74) is 2.99. The van der Waals surface area contributed by atoms with Gasteiger partial charge in [0.15, 0.2) is 0 Å². The van der Waals surface area contributed by atoms with E-state index in [4.69, 9.17) is 0 Å². The van der Waals surface area contributed by atoms with Crippen molar-refractivity contribution in [3.63, 3.8) is 0 Å². The van der Waals surface area contributed by atoms with Crippen molar-refractivity contribution >= 4 is 11.6 Å². The number of rotatable bonds is 2. The first-order chi connectivity index (χ1) is 7.61. The molecule has 0 spiro atoms. The molecule has 0 aromatic heterocycles. The van der Waals surface area contributed by atoms with Crippen LogP contribution in [0.2, 0.25) is 0 Å². The Morgan fingerprint density at radius 1 is 1.31 bits per heavy atom. The number of para-hydroxylation sites is 1. The normalized spacial score (nSPS) is 16.3. The molecule has 1 amide bonds. The van der Waals surface area contributed by atoms with Gasteiger partial charge in [0, 0.05) is 17.8 Å². The Hall–Kier alpha value is -1.57. The van der Waals surface area contributed by atoms with Gasteiger partial charge in [0.1, 0.15) is 0 Å². The van der Waals surface area contributed by atoms with E-state index in [2.05, 4.69) is 26.5 Å². The minimum atomic E-state index is 0.0769. The second-order valence-electron chi connectivity index (χ2n) is 4.52. The van der Waals surface area contributed by atoms with E-state index in [9.17, 15) is 4.79 Å². The monoisotopic (exact) mass is 215 g/mol. The fourth-order valence-corrected chi connectivity index (χ4v) is 2.10. The molecule has 0 N–H and O–H groups in total. The highest BCUT2D eigenvalue weighted by Crippen LogP contribution is 2.31. The molecule has 0 bridgehead atoms. The number of benzene rings is 1. The van der Waals surface area contributed by atoms with E-state index < -0.39 is 0 Å². The summed E-state index contributed by atoms with van der Waals surface area (Å²) in [6.07, 6.45) is 0.783. The van der Waals surface area contributed by atoms with Crippen LogP contribution in [-0.2, 0) is 4.79 Å². The lowest BCUT2D eigenvalue weighted by Crippen LogP contribution is -2.25. The first-order valence-corrected chi connectivity index (χ1v) is 5.70. The van der Waals surface area contributed by atoms with Crippen LogP contribution in [0.4, 0.5) is 5.69 Å². The number of anilines is 1. The molecule has 1 aromatic carbocycles. The van der Waals surface area contributed by atoms with Crippen LogP contribution in [0, 0.1) is 0 Å². The molecule has 2 heteroatoms. The van der Waals surface area contributed by atoms with Gasteiger partial charge in [-0.25, -0.2) is 0 Å². The van der Waals surface area contributed by atoms with E-state index in [1.165, 1.54) is 5.56 Å². The molecule has 0 radical (unpaired) electrons. The summed E-state index contributed by atoms with van der Waals surface area (Å²) < 4.78 is 0. The van der Waals surface area contributed by atoms with Crippen LogP contribution in [0.5, 0.6) is 0 Å². The van der Waals surface area contributed by atoms with Crippen LogP contribution in [-0.4, -0.2) is 12.5 Å². The predicted molar refractivity (Wildman–Crippen MR) is 66.6 cm³/mol. The molecule has 1 aliphatic rings. The van der Waals surface area contributed by atoms with Gasteiger partial charge in [-0.3, -0.25) is 4.79 Å². The number of hydrogen-bond donors (Lipinski definition) is 0. The zero-order valence-electron chi connectivity index (χ0n) is 9.86.